The van der Waals surface area contributed by atoms with Crippen LogP contribution in [0.1, 0.15) is 55.6 Å². The summed E-state index contributed by atoms with van der Waals surface area (Å²) < 4.78 is 6.80. The van der Waals surface area contributed by atoms with E-state index in [-0.39, 0.29) is 11.4 Å². The molecule has 0 atom stereocenters. The molecule has 1 aromatic carbocycles. The molecule has 30 heavy (non-hydrogen) atoms. The standard InChI is InChI=1S/C22H31N3O5/c1-6-23(7-2)21(28)17-19(26)20(27)18(22(29)24(8-3)9-4)25(17)15-11-13-16(14-12-15)30-10-5/h11-14,26-27H,6-10H2,1-5H3. The molecule has 0 aliphatic heterocycles. The summed E-state index contributed by atoms with van der Waals surface area (Å²) in [7, 11) is 0. The van der Waals surface area contributed by atoms with E-state index in [1.54, 1.807) is 24.3 Å². The molecule has 2 rings (SSSR count). The highest BCUT2D eigenvalue weighted by Crippen LogP contribution is 2.39. The maximum Gasteiger partial charge on any atom is 0.274 e. The number of carbonyl (C=O) groups is 2. The van der Waals surface area contributed by atoms with Crippen molar-refractivity contribution in [3.8, 4) is 22.9 Å². The van der Waals surface area contributed by atoms with Crippen LogP contribution >= 0.6 is 0 Å². The van der Waals surface area contributed by atoms with Gasteiger partial charge in [-0.2, -0.15) is 0 Å². The van der Waals surface area contributed by atoms with Crippen molar-refractivity contribution in [2.45, 2.75) is 34.6 Å². The lowest BCUT2D eigenvalue weighted by Gasteiger charge is -2.22. The van der Waals surface area contributed by atoms with Gasteiger partial charge in [0.2, 0.25) is 0 Å². The van der Waals surface area contributed by atoms with Gasteiger partial charge < -0.3 is 24.7 Å². The SMILES string of the molecule is CCOc1ccc(-n2c(C(=O)N(CC)CC)c(O)c(O)c2C(=O)N(CC)CC)cc1. The molecule has 0 saturated heterocycles. The molecule has 8 heteroatoms. The second-order valence-electron chi connectivity index (χ2n) is 6.61. The fraction of sp³-hybridized carbons (Fsp3) is 0.455. The van der Waals surface area contributed by atoms with Crippen molar-refractivity contribution in [1.29, 1.82) is 0 Å². The maximum absolute atomic E-state index is 13.2. The average molecular weight is 418 g/mol. The molecule has 2 aromatic rings. The van der Waals surface area contributed by atoms with Gasteiger partial charge in [0.25, 0.3) is 11.8 Å². The van der Waals surface area contributed by atoms with E-state index in [2.05, 4.69) is 0 Å². The molecule has 2 amide bonds. The lowest BCUT2D eigenvalue weighted by atomic mass is 10.2. The number of hydrogen-bond acceptors (Lipinski definition) is 5. The third kappa shape index (κ3) is 4.22. The van der Waals surface area contributed by atoms with E-state index < -0.39 is 23.3 Å². The van der Waals surface area contributed by atoms with E-state index in [1.807, 2.05) is 34.6 Å². The van der Waals surface area contributed by atoms with Crippen LogP contribution < -0.4 is 4.74 Å². The molecule has 1 heterocycles. The van der Waals surface area contributed by atoms with Crippen molar-refractivity contribution in [3.05, 3.63) is 35.7 Å². The predicted molar refractivity (Wildman–Crippen MR) is 115 cm³/mol. The summed E-state index contributed by atoms with van der Waals surface area (Å²) in [6, 6.07) is 6.79. The van der Waals surface area contributed by atoms with Gasteiger partial charge in [0, 0.05) is 31.9 Å². The summed E-state index contributed by atoms with van der Waals surface area (Å²) in [5.41, 5.74) is 0.173. The zero-order valence-corrected chi connectivity index (χ0v) is 18.3. The molecular formula is C22H31N3O5. The zero-order chi connectivity index (χ0) is 22.4. The van der Waals surface area contributed by atoms with E-state index in [1.165, 1.54) is 14.4 Å². The highest BCUT2D eigenvalue weighted by atomic mass is 16.5. The molecule has 0 aliphatic carbocycles. The minimum atomic E-state index is -0.601. The van der Waals surface area contributed by atoms with Crippen LogP contribution in [-0.2, 0) is 0 Å². The Kier molecular flexibility index (Phi) is 7.74. The van der Waals surface area contributed by atoms with Crippen molar-refractivity contribution >= 4 is 11.8 Å². The Morgan fingerprint density at radius 1 is 0.800 bits per heavy atom. The topological polar surface area (TPSA) is 95.2 Å². The molecule has 1 aromatic heterocycles. The number of nitrogens with zero attached hydrogens (tertiary/aromatic N) is 3. The van der Waals surface area contributed by atoms with Crippen LogP contribution in [0.5, 0.6) is 17.2 Å². The zero-order valence-electron chi connectivity index (χ0n) is 18.3. The van der Waals surface area contributed by atoms with Crippen LogP contribution in [0.2, 0.25) is 0 Å². The fourth-order valence-electron chi connectivity index (χ4n) is 3.38. The van der Waals surface area contributed by atoms with Crippen LogP contribution in [0.15, 0.2) is 24.3 Å². The predicted octanol–water partition coefficient (Wildman–Crippen LogP) is 3.25. The molecule has 0 fully saturated rings. The van der Waals surface area contributed by atoms with Crippen molar-refractivity contribution in [3.63, 3.8) is 0 Å². The molecular weight excluding hydrogens is 386 g/mol. The highest BCUT2D eigenvalue weighted by molar-refractivity contribution is 6.04. The normalized spacial score (nSPS) is 10.7. The number of aromatic nitrogens is 1. The first-order chi connectivity index (χ1) is 14.4. The average Bonchev–Trinajstić information content (AvgIpc) is 3.01. The number of benzene rings is 1. The molecule has 0 saturated carbocycles. The van der Waals surface area contributed by atoms with Crippen LogP contribution in [0.3, 0.4) is 0 Å². The highest BCUT2D eigenvalue weighted by Gasteiger charge is 2.34. The molecule has 164 valence electrons. The van der Waals surface area contributed by atoms with Gasteiger partial charge in [0.1, 0.15) is 5.75 Å². The Morgan fingerprint density at radius 3 is 1.53 bits per heavy atom. The van der Waals surface area contributed by atoms with E-state index in [4.69, 9.17) is 4.74 Å². The Labute approximate surface area is 177 Å². The molecule has 0 spiro atoms. The molecule has 8 nitrogen and oxygen atoms in total. The first kappa shape index (κ1) is 23.1. The van der Waals surface area contributed by atoms with Crippen LogP contribution in [0.25, 0.3) is 5.69 Å². The summed E-state index contributed by atoms with van der Waals surface area (Å²) >= 11 is 0. The Balaban J connectivity index is 2.78. The third-order valence-electron chi connectivity index (χ3n) is 5.03. The summed E-state index contributed by atoms with van der Waals surface area (Å²) in [4.78, 5) is 29.4. The van der Waals surface area contributed by atoms with E-state index >= 15 is 0 Å². The van der Waals surface area contributed by atoms with Gasteiger partial charge in [0.05, 0.1) is 6.61 Å². The minimum Gasteiger partial charge on any atom is -0.503 e. The molecule has 0 aliphatic rings. The first-order valence-corrected chi connectivity index (χ1v) is 10.3. The van der Waals surface area contributed by atoms with Gasteiger partial charge in [-0.15, -0.1) is 0 Å². The first-order valence-electron chi connectivity index (χ1n) is 10.3. The van der Waals surface area contributed by atoms with Gasteiger partial charge in [-0.05, 0) is 58.9 Å². The van der Waals surface area contributed by atoms with E-state index in [9.17, 15) is 19.8 Å². The van der Waals surface area contributed by atoms with Crippen LogP contribution in [0, 0.1) is 0 Å². The van der Waals surface area contributed by atoms with Gasteiger partial charge in [-0.1, -0.05) is 0 Å². The monoisotopic (exact) mass is 417 g/mol. The van der Waals surface area contributed by atoms with Crippen LogP contribution in [-0.4, -0.2) is 69.2 Å². The summed E-state index contributed by atoms with van der Waals surface area (Å²) in [5, 5.41) is 21.3. The number of aromatic hydroxyl groups is 2. The molecule has 0 unspecified atom stereocenters. The van der Waals surface area contributed by atoms with Crippen molar-refractivity contribution < 1.29 is 24.5 Å². The van der Waals surface area contributed by atoms with Crippen LogP contribution in [0.4, 0.5) is 0 Å². The summed E-state index contributed by atoms with van der Waals surface area (Å²) in [5.74, 6) is -1.51. The quantitative estimate of drug-likeness (QED) is 0.653. The molecule has 0 radical (unpaired) electrons. The van der Waals surface area contributed by atoms with Gasteiger partial charge in [-0.3, -0.25) is 14.2 Å². The van der Waals surface area contributed by atoms with E-state index in [0.717, 1.165) is 0 Å². The van der Waals surface area contributed by atoms with Gasteiger partial charge in [0.15, 0.2) is 22.9 Å². The van der Waals surface area contributed by atoms with Crippen molar-refractivity contribution in [2.75, 3.05) is 32.8 Å². The lowest BCUT2D eigenvalue weighted by Crippen LogP contribution is -2.34. The number of rotatable bonds is 9. The number of amides is 2. The number of ether oxygens (including phenoxy) is 1. The number of carbonyl (C=O) groups excluding carboxylic acids is 2. The molecule has 0 bridgehead atoms. The van der Waals surface area contributed by atoms with Crippen molar-refractivity contribution in [2.24, 2.45) is 0 Å². The minimum absolute atomic E-state index is 0.143. The Hall–Kier alpha value is -3.16. The smallest absolute Gasteiger partial charge is 0.274 e. The van der Waals surface area contributed by atoms with Gasteiger partial charge >= 0.3 is 0 Å². The Morgan fingerprint density at radius 2 is 1.20 bits per heavy atom. The summed E-state index contributed by atoms with van der Waals surface area (Å²) in [6.07, 6.45) is 0. The fourth-order valence-corrected chi connectivity index (χ4v) is 3.38. The third-order valence-corrected chi connectivity index (χ3v) is 5.03. The van der Waals surface area contributed by atoms with E-state index in [0.29, 0.717) is 44.2 Å². The number of hydrogen-bond donors (Lipinski definition) is 2. The molecule has 2 N–H and O–H groups in total. The second kappa shape index (κ2) is 10.0. The Bertz CT molecular complexity index is 834. The van der Waals surface area contributed by atoms with Crippen molar-refractivity contribution in [1.82, 2.24) is 14.4 Å². The summed E-state index contributed by atoms with van der Waals surface area (Å²) in [6.45, 7) is 11.3. The lowest BCUT2D eigenvalue weighted by molar-refractivity contribution is 0.0757. The second-order valence-corrected chi connectivity index (χ2v) is 6.61. The largest absolute Gasteiger partial charge is 0.503 e. The maximum atomic E-state index is 13.2. The van der Waals surface area contributed by atoms with Gasteiger partial charge in [-0.25, -0.2) is 0 Å².